The van der Waals surface area contributed by atoms with Crippen molar-refractivity contribution in [2.24, 2.45) is 0 Å². The number of nitrogens with zero attached hydrogens (tertiary/aromatic N) is 6. The summed E-state index contributed by atoms with van der Waals surface area (Å²) in [5, 5.41) is 5.45. The van der Waals surface area contributed by atoms with E-state index in [1.165, 1.54) is 0 Å². The molecule has 1 amide bonds. The predicted octanol–water partition coefficient (Wildman–Crippen LogP) is 2.94. The Kier molecular flexibility index (Phi) is 6.68. The van der Waals surface area contributed by atoms with Crippen LogP contribution in [-0.2, 0) is 11.3 Å². The van der Waals surface area contributed by atoms with E-state index in [0.29, 0.717) is 43.2 Å². The lowest BCUT2D eigenvalue weighted by Gasteiger charge is -2.35. The fourth-order valence-corrected chi connectivity index (χ4v) is 4.32. The molecule has 0 bridgehead atoms. The van der Waals surface area contributed by atoms with Gasteiger partial charge in [-0.3, -0.25) is 4.79 Å². The number of anilines is 1. The summed E-state index contributed by atoms with van der Waals surface area (Å²) in [5.41, 5.74) is 2.22. The molecule has 2 aromatic carbocycles. The highest BCUT2D eigenvalue weighted by atomic mass is 16.5. The summed E-state index contributed by atoms with van der Waals surface area (Å²) in [6, 6.07) is 14.9. The monoisotopic (exact) mass is 488 g/mol. The van der Waals surface area contributed by atoms with Crippen LogP contribution in [0.1, 0.15) is 16.2 Å². The number of amides is 1. The highest BCUT2D eigenvalue weighted by Gasteiger charge is 2.26. The quantitative estimate of drug-likeness (QED) is 0.392. The number of piperazine rings is 1. The molecule has 4 aromatic rings. The number of benzene rings is 2. The minimum Gasteiger partial charge on any atom is -0.497 e. The molecule has 2 aromatic heterocycles. The van der Waals surface area contributed by atoms with Gasteiger partial charge in [0.2, 0.25) is 0 Å². The molecular formula is C26H28N6O4. The van der Waals surface area contributed by atoms with E-state index in [2.05, 4.69) is 10.00 Å². The first-order chi connectivity index (χ1) is 17.6. The Labute approximate surface area is 209 Å². The molecule has 1 saturated heterocycles. The lowest BCUT2D eigenvalue weighted by atomic mass is 10.1. The fraction of sp³-hybridized carbons (Fsp3) is 0.308. The minimum absolute atomic E-state index is 0.0116. The zero-order chi connectivity index (χ0) is 25.1. The Morgan fingerprint density at radius 3 is 2.11 bits per heavy atom. The van der Waals surface area contributed by atoms with E-state index < -0.39 is 0 Å². The van der Waals surface area contributed by atoms with Gasteiger partial charge in [-0.1, -0.05) is 0 Å². The second kappa shape index (κ2) is 10.2. The van der Waals surface area contributed by atoms with Crippen molar-refractivity contribution in [1.29, 1.82) is 0 Å². The fourth-order valence-electron chi connectivity index (χ4n) is 4.32. The molecule has 0 radical (unpaired) electrons. The molecule has 1 aliphatic heterocycles. The van der Waals surface area contributed by atoms with Gasteiger partial charge in [-0.05, 0) is 48.5 Å². The number of hydrogen-bond acceptors (Lipinski definition) is 8. The van der Waals surface area contributed by atoms with Gasteiger partial charge >= 0.3 is 0 Å². The van der Waals surface area contributed by atoms with Gasteiger partial charge in [0, 0.05) is 38.9 Å². The molecule has 0 saturated carbocycles. The van der Waals surface area contributed by atoms with Crippen LogP contribution in [0, 0.1) is 0 Å². The summed E-state index contributed by atoms with van der Waals surface area (Å²) in [7, 11) is 4.87. The van der Waals surface area contributed by atoms with E-state index in [0.717, 1.165) is 28.4 Å². The Morgan fingerprint density at radius 1 is 0.861 bits per heavy atom. The van der Waals surface area contributed by atoms with E-state index in [9.17, 15) is 4.79 Å². The number of hydrogen-bond donors (Lipinski definition) is 0. The standard InChI is InChI=1S/C26H28N6O4/c1-34-17-23-28-24(22-16-27-32(25(22)29-23)19-6-10-21(36-3)11-7-19)30-12-14-31(15-13-30)26(33)18-4-8-20(35-2)9-5-18/h4-11,16H,12-15,17H2,1-3H3. The zero-order valence-electron chi connectivity index (χ0n) is 20.5. The Bertz CT molecular complexity index is 1350. The number of methoxy groups -OCH3 is 3. The van der Waals surface area contributed by atoms with E-state index in [1.807, 2.05) is 29.2 Å². The maximum atomic E-state index is 13.0. The van der Waals surface area contributed by atoms with Gasteiger partial charge < -0.3 is 24.0 Å². The van der Waals surface area contributed by atoms with Gasteiger partial charge in [-0.2, -0.15) is 5.10 Å². The maximum absolute atomic E-state index is 13.0. The van der Waals surface area contributed by atoms with Gasteiger partial charge in [0.05, 0.1) is 31.5 Å². The van der Waals surface area contributed by atoms with Crippen LogP contribution in [0.4, 0.5) is 5.82 Å². The molecule has 0 atom stereocenters. The van der Waals surface area contributed by atoms with Crippen LogP contribution < -0.4 is 14.4 Å². The number of carbonyl (C=O) groups is 1. The van der Waals surface area contributed by atoms with Gasteiger partial charge in [-0.25, -0.2) is 14.6 Å². The lowest BCUT2D eigenvalue weighted by molar-refractivity contribution is 0.0746. The maximum Gasteiger partial charge on any atom is 0.253 e. The topological polar surface area (TPSA) is 94.8 Å². The summed E-state index contributed by atoms with van der Waals surface area (Å²) >= 11 is 0. The third-order valence-corrected chi connectivity index (χ3v) is 6.25. The van der Waals surface area contributed by atoms with Gasteiger partial charge in [0.15, 0.2) is 11.5 Å². The Morgan fingerprint density at radius 2 is 1.50 bits per heavy atom. The highest BCUT2D eigenvalue weighted by Crippen LogP contribution is 2.28. The van der Waals surface area contributed by atoms with Crippen LogP contribution in [0.5, 0.6) is 11.5 Å². The number of rotatable bonds is 7. The zero-order valence-corrected chi connectivity index (χ0v) is 20.5. The number of fused-ring (bicyclic) bond motifs is 1. The van der Waals surface area contributed by atoms with Crippen LogP contribution in [0.3, 0.4) is 0 Å². The molecule has 0 unspecified atom stereocenters. The largest absolute Gasteiger partial charge is 0.497 e. The molecule has 1 fully saturated rings. The molecule has 36 heavy (non-hydrogen) atoms. The lowest BCUT2D eigenvalue weighted by Crippen LogP contribution is -2.49. The predicted molar refractivity (Wildman–Crippen MR) is 135 cm³/mol. The molecule has 0 spiro atoms. The Balaban J connectivity index is 1.40. The second-order valence-electron chi connectivity index (χ2n) is 8.40. The first-order valence-corrected chi connectivity index (χ1v) is 11.7. The number of aromatic nitrogens is 4. The number of ether oxygens (including phenoxy) is 3. The van der Waals surface area contributed by atoms with Crippen molar-refractivity contribution in [1.82, 2.24) is 24.6 Å². The third kappa shape index (κ3) is 4.55. The average Bonchev–Trinajstić information content (AvgIpc) is 3.36. The summed E-state index contributed by atoms with van der Waals surface area (Å²) < 4.78 is 17.6. The van der Waals surface area contributed by atoms with E-state index in [4.69, 9.17) is 24.2 Å². The highest BCUT2D eigenvalue weighted by molar-refractivity contribution is 5.94. The van der Waals surface area contributed by atoms with Crippen molar-refractivity contribution in [2.75, 3.05) is 52.4 Å². The average molecular weight is 489 g/mol. The molecule has 10 nitrogen and oxygen atoms in total. The molecule has 1 aliphatic rings. The summed E-state index contributed by atoms with van der Waals surface area (Å²) in [5.74, 6) is 2.88. The van der Waals surface area contributed by atoms with E-state index >= 15 is 0 Å². The third-order valence-electron chi connectivity index (χ3n) is 6.25. The molecular weight excluding hydrogens is 460 g/mol. The SMILES string of the molecule is COCc1nc(N2CCN(C(=O)c3ccc(OC)cc3)CC2)c2cnn(-c3ccc(OC)cc3)c2n1. The van der Waals surface area contributed by atoms with Gasteiger partial charge in [0.25, 0.3) is 5.91 Å². The van der Waals surface area contributed by atoms with Crippen LogP contribution >= 0.6 is 0 Å². The normalized spacial score (nSPS) is 13.8. The smallest absolute Gasteiger partial charge is 0.253 e. The van der Waals surface area contributed by atoms with Crippen molar-refractivity contribution >= 4 is 22.8 Å². The molecule has 3 heterocycles. The summed E-state index contributed by atoms with van der Waals surface area (Å²) in [6.45, 7) is 2.75. The van der Waals surface area contributed by atoms with Gasteiger partial charge in [-0.15, -0.1) is 0 Å². The first-order valence-electron chi connectivity index (χ1n) is 11.7. The molecule has 5 rings (SSSR count). The van der Waals surface area contributed by atoms with E-state index in [-0.39, 0.29) is 12.5 Å². The molecule has 0 aliphatic carbocycles. The second-order valence-corrected chi connectivity index (χ2v) is 8.40. The molecule has 0 N–H and O–H groups in total. The van der Waals surface area contributed by atoms with E-state index in [1.54, 1.807) is 56.5 Å². The van der Waals surface area contributed by atoms with Crippen LogP contribution in [0.2, 0.25) is 0 Å². The Hall–Kier alpha value is -4.18. The first kappa shape index (κ1) is 23.6. The van der Waals surface area contributed by atoms with Gasteiger partial charge in [0.1, 0.15) is 23.9 Å². The molecule has 10 heteroatoms. The van der Waals surface area contributed by atoms with Crippen LogP contribution in [-0.4, -0.2) is 78.1 Å². The van der Waals surface area contributed by atoms with Crippen LogP contribution in [0.25, 0.3) is 16.7 Å². The van der Waals surface area contributed by atoms with Crippen molar-refractivity contribution in [2.45, 2.75) is 6.61 Å². The van der Waals surface area contributed by atoms with Crippen molar-refractivity contribution in [3.63, 3.8) is 0 Å². The van der Waals surface area contributed by atoms with Crippen LogP contribution in [0.15, 0.2) is 54.7 Å². The molecule has 186 valence electrons. The van der Waals surface area contributed by atoms with Crippen molar-refractivity contribution in [3.05, 3.63) is 66.1 Å². The number of carbonyl (C=O) groups excluding carboxylic acids is 1. The summed E-state index contributed by atoms with van der Waals surface area (Å²) in [6.07, 6.45) is 1.79. The minimum atomic E-state index is 0.0116. The summed E-state index contributed by atoms with van der Waals surface area (Å²) in [4.78, 5) is 26.6. The van der Waals surface area contributed by atoms with Crippen molar-refractivity contribution < 1.29 is 19.0 Å². The van der Waals surface area contributed by atoms with Crippen molar-refractivity contribution in [3.8, 4) is 17.2 Å².